The topological polar surface area (TPSA) is 286 Å². The van der Waals surface area contributed by atoms with E-state index in [9.17, 15) is 27.6 Å². The van der Waals surface area contributed by atoms with E-state index >= 15 is 0 Å². The average molecular weight is 1060 g/mol. The number of aromatic nitrogens is 10. The molecule has 4 heterocycles. The quantitative estimate of drug-likeness (QED) is 0.0394. The number of H-pyrrole nitrogens is 3. The zero-order valence-electron chi connectivity index (χ0n) is 38.6. The number of nitrogens with one attached hydrogen (secondary N) is 6. The summed E-state index contributed by atoms with van der Waals surface area (Å²) in [5.41, 5.74) is 17.7. The Bertz CT molecular complexity index is 3210. The van der Waals surface area contributed by atoms with Crippen LogP contribution in [0.3, 0.4) is 0 Å². The number of rotatable bonds is 17. The van der Waals surface area contributed by atoms with Gasteiger partial charge in [-0.05, 0) is 107 Å². The molecule has 3 amide bonds. The predicted octanol–water partition coefficient (Wildman–Crippen LogP) is 9.18. The van der Waals surface area contributed by atoms with Crippen molar-refractivity contribution in [2.75, 3.05) is 22.1 Å². The van der Waals surface area contributed by atoms with Crippen LogP contribution in [0.2, 0.25) is 0 Å². The number of nitrogen functional groups attached to an aromatic ring is 2. The monoisotopic (exact) mass is 1060 g/mol. The number of amides is 3. The number of aromatic amines is 3. The first kappa shape index (κ1) is 53.1. The van der Waals surface area contributed by atoms with Crippen LogP contribution < -0.4 is 32.2 Å². The molecule has 0 saturated heterocycles. The molecule has 25 heteroatoms. The Labute approximate surface area is 433 Å². The number of ether oxygens (including phenoxy) is 1. The highest BCUT2D eigenvalue weighted by atomic mass is 32.2. The van der Waals surface area contributed by atoms with Crippen molar-refractivity contribution in [3.05, 3.63) is 197 Å². The normalized spacial score (nSPS) is 10.7. The average Bonchev–Trinajstić information content (AvgIpc) is 4.20. The minimum Gasteiger partial charge on any atom is -0.406 e. The molecule has 0 radical (unpaired) electrons. The lowest BCUT2D eigenvalue weighted by Crippen LogP contribution is -2.22. The molecule has 0 aliphatic rings. The predicted molar refractivity (Wildman–Crippen MR) is 277 cm³/mol. The second-order valence-electron chi connectivity index (χ2n) is 15.1. The van der Waals surface area contributed by atoms with Gasteiger partial charge in [-0.25, -0.2) is 15.2 Å². The van der Waals surface area contributed by atoms with Crippen molar-refractivity contribution in [2.24, 2.45) is 0 Å². The number of thioether (sulfide) groups is 3. The molecule has 19 nitrogen and oxygen atoms in total. The summed E-state index contributed by atoms with van der Waals surface area (Å²) < 4.78 is 40.3. The van der Waals surface area contributed by atoms with E-state index in [0.717, 1.165) is 51.0 Å². The van der Waals surface area contributed by atoms with Crippen LogP contribution in [-0.2, 0) is 23.8 Å². The molecule has 378 valence electrons. The Hall–Kier alpha value is -8.68. The van der Waals surface area contributed by atoms with E-state index in [-0.39, 0.29) is 23.5 Å². The first-order valence-corrected chi connectivity index (χ1v) is 24.8. The standard InChI is InChI=1S/C17H14F3N5O2S.2C16H15N5OS/c18-17(19,20)27-13-6-4-12(5-7-13)22-14(26)11-3-1-2-10(8-11)9-28-16-23-15(21)24-25-16;22-15(18-9-12-4-6-17-7-5-12)14-3-1-2-13(8-14)10-23-16-19-11-20-21-16;17-15-19-16(21-20-15)23-10-11-5-4-6-12(9-11)14(22)18-13-7-2-1-3-8-13/h1-8H,9H2,(H,22,26)(H3,21,23,24,25);1-8,11H,9-10H2,(H,18,22)(H,19,20,21);1-9H,10H2,(H,18,22)(H3,17,19,20,21). The molecule has 0 fully saturated rings. The molecule has 74 heavy (non-hydrogen) atoms. The molecule has 0 atom stereocenters. The van der Waals surface area contributed by atoms with Gasteiger partial charge in [0.2, 0.25) is 22.2 Å². The summed E-state index contributed by atoms with van der Waals surface area (Å²) in [5, 5.41) is 29.9. The number of hydrogen-bond acceptors (Lipinski definition) is 16. The van der Waals surface area contributed by atoms with Crippen molar-refractivity contribution in [1.82, 2.24) is 55.8 Å². The van der Waals surface area contributed by atoms with Crippen LogP contribution in [0.15, 0.2) is 174 Å². The van der Waals surface area contributed by atoms with Crippen molar-refractivity contribution in [3.8, 4) is 5.75 Å². The van der Waals surface area contributed by atoms with Crippen LogP contribution in [0, 0.1) is 0 Å². The number of carbonyl (C=O) groups excluding carboxylic acids is 3. The highest BCUT2D eigenvalue weighted by molar-refractivity contribution is 7.98. The second-order valence-corrected chi connectivity index (χ2v) is 18.0. The van der Waals surface area contributed by atoms with Gasteiger partial charge in [-0.3, -0.25) is 24.5 Å². The number of benzene rings is 5. The SMILES string of the molecule is Nc1nc(SCc2cccc(C(=O)Nc3ccc(OC(F)(F)F)cc3)c2)n[nH]1.Nc1nc(SCc2cccc(C(=O)Nc3ccccc3)c2)n[nH]1.O=C(NCc1ccncc1)c1cccc(CSc2ncn[nH]2)c1. The summed E-state index contributed by atoms with van der Waals surface area (Å²) in [4.78, 5) is 52.9. The highest BCUT2D eigenvalue weighted by Crippen LogP contribution is 2.26. The molecule has 0 aliphatic carbocycles. The minimum absolute atomic E-state index is 0.0895. The summed E-state index contributed by atoms with van der Waals surface area (Å²) >= 11 is 4.35. The van der Waals surface area contributed by atoms with E-state index in [0.29, 0.717) is 56.7 Å². The summed E-state index contributed by atoms with van der Waals surface area (Å²) in [7, 11) is 0. The van der Waals surface area contributed by atoms with Gasteiger partial charge in [0, 0.05) is 64.3 Å². The zero-order chi connectivity index (χ0) is 52.1. The molecule has 0 spiro atoms. The van der Waals surface area contributed by atoms with Crippen molar-refractivity contribution >= 4 is 76.3 Å². The van der Waals surface area contributed by atoms with Crippen molar-refractivity contribution in [1.29, 1.82) is 0 Å². The maximum atomic E-state index is 12.4. The maximum Gasteiger partial charge on any atom is 0.573 e. The fourth-order valence-electron chi connectivity index (χ4n) is 6.22. The molecular weight excluding hydrogens is 1020 g/mol. The van der Waals surface area contributed by atoms with Crippen LogP contribution in [0.25, 0.3) is 0 Å². The first-order chi connectivity index (χ1) is 35.8. The van der Waals surface area contributed by atoms with Crippen molar-refractivity contribution in [2.45, 2.75) is 45.6 Å². The minimum atomic E-state index is -4.76. The summed E-state index contributed by atoms with van der Waals surface area (Å²) in [5.74, 6) is 1.45. The van der Waals surface area contributed by atoms with Crippen LogP contribution >= 0.6 is 35.3 Å². The van der Waals surface area contributed by atoms with Gasteiger partial charge in [-0.15, -0.1) is 23.4 Å². The molecule has 9 aromatic rings. The Morgan fingerprint density at radius 1 is 0.568 bits per heavy atom. The lowest BCUT2D eigenvalue weighted by Gasteiger charge is -2.10. The molecule has 9 rings (SSSR count). The molecule has 10 N–H and O–H groups in total. The number of carbonyl (C=O) groups is 3. The number of para-hydroxylation sites is 1. The fourth-order valence-corrected chi connectivity index (χ4v) is 8.44. The fraction of sp³-hybridized carbons (Fsp3) is 0.102. The molecule has 5 aromatic carbocycles. The van der Waals surface area contributed by atoms with E-state index in [1.165, 1.54) is 42.0 Å². The van der Waals surface area contributed by atoms with Crippen LogP contribution in [-0.4, -0.2) is 74.6 Å². The third kappa shape index (κ3) is 17.9. The van der Waals surface area contributed by atoms with Gasteiger partial charge in [0.25, 0.3) is 17.7 Å². The summed E-state index contributed by atoms with van der Waals surface area (Å²) in [6, 6.07) is 40.0. The number of nitrogens with two attached hydrogens (primary N) is 2. The largest absolute Gasteiger partial charge is 0.573 e. The number of anilines is 4. The van der Waals surface area contributed by atoms with Gasteiger partial charge in [-0.1, -0.05) is 89.9 Å². The third-order valence-corrected chi connectivity index (χ3v) is 12.4. The molecule has 0 saturated carbocycles. The van der Waals surface area contributed by atoms with E-state index in [4.69, 9.17) is 11.5 Å². The Morgan fingerprint density at radius 2 is 1.07 bits per heavy atom. The van der Waals surface area contributed by atoms with Gasteiger partial charge in [0.05, 0.1) is 0 Å². The van der Waals surface area contributed by atoms with Gasteiger partial charge in [-0.2, -0.15) is 15.1 Å². The van der Waals surface area contributed by atoms with Crippen molar-refractivity contribution < 1.29 is 32.3 Å². The molecule has 0 unspecified atom stereocenters. The molecule has 0 aliphatic heterocycles. The maximum absolute atomic E-state index is 12.4. The first-order valence-electron chi connectivity index (χ1n) is 21.9. The Morgan fingerprint density at radius 3 is 1.54 bits per heavy atom. The van der Waals surface area contributed by atoms with Gasteiger partial charge >= 0.3 is 6.36 Å². The zero-order valence-corrected chi connectivity index (χ0v) is 41.1. The van der Waals surface area contributed by atoms with Crippen LogP contribution in [0.1, 0.15) is 53.3 Å². The summed E-state index contributed by atoms with van der Waals surface area (Å²) in [6.07, 6.45) is 0.136. The summed E-state index contributed by atoms with van der Waals surface area (Å²) in [6.45, 7) is 0.485. The van der Waals surface area contributed by atoms with E-state index < -0.39 is 12.3 Å². The number of hydrogen-bond donors (Lipinski definition) is 8. The third-order valence-electron chi connectivity index (χ3n) is 9.62. The molecular formula is C49H44F3N15O4S3. The van der Waals surface area contributed by atoms with Gasteiger partial charge in [0.1, 0.15) is 12.1 Å². The van der Waals surface area contributed by atoms with Gasteiger partial charge < -0.3 is 32.2 Å². The van der Waals surface area contributed by atoms with Gasteiger partial charge in [0.15, 0.2) is 5.16 Å². The number of pyridine rings is 1. The number of nitrogens with zero attached hydrogens (tertiary/aromatic N) is 7. The molecule has 4 aromatic heterocycles. The van der Waals surface area contributed by atoms with E-state index in [1.54, 1.807) is 48.4 Å². The Kier molecular flexibility index (Phi) is 19.2. The lowest BCUT2D eigenvalue weighted by molar-refractivity contribution is -0.274. The number of halogens is 3. The number of alkyl halides is 3. The second kappa shape index (κ2) is 26.7. The van der Waals surface area contributed by atoms with Crippen LogP contribution in [0.5, 0.6) is 5.75 Å². The lowest BCUT2D eigenvalue weighted by atomic mass is 10.1. The Balaban J connectivity index is 0.000000163. The van der Waals surface area contributed by atoms with Crippen molar-refractivity contribution in [3.63, 3.8) is 0 Å². The molecule has 0 bridgehead atoms. The smallest absolute Gasteiger partial charge is 0.406 e. The highest BCUT2D eigenvalue weighted by Gasteiger charge is 2.31. The van der Waals surface area contributed by atoms with E-state index in [1.807, 2.05) is 91.0 Å². The van der Waals surface area contributed by atoms with Crippen LogP contribution in [0.4, 0.5) is 36.4 Å². The van der Waals surface area contributed by atoms with E-state index in [2.05, 4.69) is 71.2 Å².